The fraction of sp³-hybridized carbons (Fsp3) is 0.167. The molecule has 6 heteroatoms. The van der Waals surface area contributed by atoms with Gasteiger partial charge in [-0.1, -0.05) is 41.4 Å². The van der Waals surface area contributed by atoms with Crippen molar-refractivity contribution in [2.45, 2.75) is 6.54 Å². The van der Waals surface area contributed by atoms with E-state index in [1.165, 1.54) is 0 Å². The van der Waals surface area contributed by atoms with E-state index >= 15 is 0 Å². The molecule has 0 fully saturated rings. The van der Waals surface area contributed by atoms with Crippen LogP contribution in [0.15, 0.2) is 48.7 Å². The second kappa shape index (κ2) is 7.16. The fourth-order valence-corrected chi connectivity index (χ4v) is 2.72. The van der Waals surface area contributed by atoms with Gasteiger partial charge in [0.15, 0.2) is 0 Å². The summed E-state index contributed by atoms with van der Waals surface area (Å²) in [7, 11) is 3.62. The molecule has 0 unspecified atom stereocenters. The summed E-state index contributed by atoms with van der Waals surface area (Å²) in [5.41, 5.74) is 3.08. The molecule has 4 nitrogen and oxygen atoms in total. The van der Waals surface area contributed by atoms with Crippen molar-refractivity contribution in [3.63, 3.8) is 0 Å². The van der Waals surface area contributed by atoms with Crippen LogP contribution in [0.5, 0.6) is 5.75 Å². The summed E-state index contributed by atoms with van der Waals surface area (Å²) in [5, 5.41) is 4.41. The smallest absolute Gasteiger partial charge is 0.203 e. The average molecular weight is 362 g/mol. The van der Waals surface area contributed by atoms with Crippen LogP contribution in [0.3, 0.4) is 0 Å². The van der Waals surface area contributed by atoms with Crippen molar-refractivity contribution in [2.75, 3.05) is 12.4 Å². The summed E-state index contributed by atoms with van der Waals surface area (Å²) < 4.78 is 7.15. The maximum Gasteiger partial charge on any atom is 0.203 e. The molecule has 24 heavy (non-hydrogen) atoms. The number of imidazole rings is 1. The molecule has 3 rings (SSSR count). The van der Waals surface area contributed by atoms with Crippen molar-refractivity contribution in [3.8, 4) is 17.0 Å². The maximum absolute atomic E-state index is 6.10. The van der Waals surface area contributed by atoms with Gasteiger partial charge < -0.3 is 14.6 Å². The number of nitrogens with one attached hydrogen (secondary N) is 1. The highest BCUT2D eigenvalue weighted by Crippen LogP contribution is 2.29. The number of ether oxygens (including phenoxy) is 1. The third-order valence-electron chi connectivity index (χ3n) is 3.81. The zero-order valence-electron chi connectivity index (χ0n) is 13.4. The summed E-state index contributed by atoms with van der Waals surface area (Å²) in [6, 6.07) is 13.5. The van der Waals surface area contributed by atoms with Gasteiger partial charge in [-0.25, -0.2) is 4.98 Å². The number of rotatable bonds is 5. The third kappa shape index (κ3) is 3.50. The number of aromatic nitrogens is 2. The Bertz CT molecular complexity index is 844. The molecule has 3 aromatic rings. The molecule has 0 spiro atoms. The van der Waals surface area contributed by atoms with Crippen molar-refractivity contribution in [3.05, 3.63) is 64.3 Å². The summed E-state index contributed by atoms with van der Waals surface area (Å²) in [6.45, 7) is 0.676. The number of halogens is 2. The number of benzene rings is 2. The van der Waals surface area contributed by atoms with Gasteiger partial charge in [0.2, 0.25) is 5.95 Å². The Hall–Kier alpha value is -2.17. The highest BCUT2D eigenvalue weighted by Gasteiger charge is 2.10. The van der Waals surface area contributed by atoms with Gasteiger partial charge >= 0.3 is 0 Å². The number of nitrogens with zero attached hydrogens (tertiary/aromatic N) is 2. The Morgan fingerprint density at radius 3 is 2.50 bits per heavy atom. The van der Waals surface area contributed by atoms with E-state index < -0.39 is 0 Å². The molecular formula is C18H17Cl2N3O. The van der Waals surface area contributed by atoms with Crippen LogP contribution in [0.2, 0.25) is 10.0 Å². The average Bonchev–Trinajstić information content (AvgIpc) is 2.97. The van der Waals surface area contributed by atoms with E-state index in [1.807, 2.05) is 54.2 Å². The lowest BCUT2D eigenvalue weighted by molar-refractivity contribution is 0.414. The fourth-order valence-electron chi connectivity index (χ4n) is 2.42. The zero-order valence-corrected chi connectivity index (χ0v) is 14.9. The predicted molar refractivity (Wildman–Crippen MR) is 99.0 cm³/mol. The van der Waals surface area contributed by atoms with Gasteiger partial charge in [0.25, 0.3) is 0 Å². The summed E-state index contributed by atoms with van der Waals surface area (Å²) in [6.07, 6.45) is 1.82. The standard InChI is InChI=1S/C18H17Cl2N3O/c1-23-17(13-5-8-15(19)16(20)9-13)11-22-18(23)21-10-12-3-6-14(24-2)7-4-12/h3-9,11H,10H2,1-2H3,(H,21,22). The molecule has 1 heterocycles. The predicted octanol–water partition coefficient (Wildman–Crippen LogP) is 5.01. The van der Waals surface area contributed by atoms with E-state index in [9.17, 15) is 0 Å². The SMILES string of the molecule is COc1ccc(CNc2ncc(-c3ccc(Cl)c(Cl)c3)n2C)cc1. The molecule has 0 aliphatic carbocycles. The zero-order chi connectivity index (χ0) is 17.1. The molecular weight excluding hydrogens is 345 g/mol. The first-order chi connectivity index (χ1) is 11.6. The highest BCUT2D eigenvalue weighted by atomic mass is 35.5. The minimum atomic E-state index is 0.531. The van der Waals surface area contributed by atoms with E-state index in [2.05, 4.69) is 10.3 Å². The second-order valence-corrected chi connectivity index (χ2v) is 6.17. The summed E-state index contributed by atoms with van der Waals surface area (Å²) in [4.78, 5) is 4.44. The van der Waals surface area contributed by atoms with Gasteiger partial charge in [-0.15, -0.1) is 0 Å². The van der Waals surface area contributed by atoms with E-state index in [1.54, 1.807) is 13.2 Å². The van der Waals surface area contributed by atoms with Crippen molar-refractivity contribution < 1.29 is 4.74 Å². The van der Waals surface area contributed by atoms with Crippen LogP contribution in [0.1, 0.15) is 5.56 Å². The lowest BCUT2D eigenvalue weighted by Crippen LogP contribution is -2.05. The normalized spacial score (nSPS) is 10.7. The Labute approximate surface area is 151 Å². The minimum absolute atomic E-state index is 0.531. The number of hydrogen-bond donors (Lipinski definition) is 1. The van der Waals surface area contributed by atoms with Crippen molar-refractivity contribution in [1.29, 1.82) is 0 Å². The number of anilines is 1. The van der Waals surface area contributed by atoms with Gasteiger partial charge in [-0.3, -0.25) is 0 Å². The van der Waals surface area contributed by atoms with Crippen molar-refractivity contribution >= 4 is 29.2 Å². The molecule has 0 radical (unpaired) electrons. The van der Waals surface area contributed by atoms with Crippen LogP contribution in [-0.2, 0) is 13.6 Å². The van der Waals surface area contributed by atoms with Crippen LogP contribution in [0.4, 0.5) is 5.95 Å². The topological polar surface area (TPSA) is 39.1 Å². The first-order valence-corrected chi connectivity index (χ1v) is 8.18. The van der Waals surface area contributed by atoms with E-state index in [4.69, 9.17) is 27.9 Å². The molecule has 0 aliphatic heterocycles. The van der Waals surface area contributed by atoms with E-state index in [-0.39, 0.29) is 0 Å². The molecule has 2 aromatic carbocycles. The van der Waals surface area contributed by atoms with Crippen molar-refractivity contribution in [2.24, 2.45) is 7.05 Å². The molecule has 0 atom stereocenters. The molecule has 124 valence electrons. The molecule has 0 aliphatic rings. The Kier molecular flexibility index (Phi) is 4.97. The monoisotopic (exact) mass is 361 g/mol. The van der Waals surface area contributed by atoms with E-state index in [0.29, 0.717) is 16.6 Å². The first-order valence-electron chi connectivity index (χ1n) is 7.42. The second-order valence-electron chi connectivity index (χ2n) is 5.36. The minimum Gasteiger partial charge on any atom is -0.497 e. The van der Waals surface area contributed by atoms with Gasteiger partial charge in [-0.2, -0.15) is 0 Å². The van der Waals surface area contributed by atoms with Crippen LogP contribution in [0.25, 0.3) is 11.3 Å². The molecule has 1 aromatic heterocycles. The lowest BCUT2D eigenvalue weighted by Gasteiger charge is -2.09. The van der Waals surface area contributed by atoms with Gasteiger partial charge in [0.1, 0.15) is 5.75 Å². The van der Waals surface area contributed by atoms with Crippen LogP contribution in [0, 0.1) is 0 Å². The summed E-state index contributed by atoms with van der Waals surface area (Å²) in [5.74, 6) is 1.63. The molecule has 0 bridgehead atoms. The largest absolute Gasteiger partial charge is 0.497 e. The van der Waals surface area contributed by atoms with E-state index in [0.717, 1.165) is 28.5 Å². The number of hydrogen-bond acceptors (Lipinski definition) is 3. The van der Waals surface area contributed by atoms with Crippen LogP contribution < -0.4 is 10.1 Å². The van der Waals surface area contributed by atoms with Gasteiger partial charge in [0, 0.05) is 19.2 Å². The third-order valence-corrected chi connectivity index (χ3v) is 4.55. The van der Waals surface area contributed by atoms with Gasteiger partial charge in [0.05, 0.1) is 29.0 Å². The first kappa shape index (κ1) is 16.7. The molecule has 1 N–H and O–H groups in total. The van der Waals surface area contributed by atoms with Crippen LogP contribution in [-0.4, -0.2) is 16.7 Å². The number of methoxy groups -OCH3 is 1. The van der Waals surface area contributed by atoms with Gasteiger partial charge in [-0.05, 0) is 29.8 Å². The highest BCUT2D eigenvalue weighted by molar-refractivity contribution is 6.42. The quantitative estimate of drug-likeness (QED) is 0.693. The molecule has 0 saturated heterocycles. The Morgan fingerprint density at radius 1 is 1.08 bits per heavy atom. The Balaban J connectivity index is 1.75. The maximum atomic E-state index is 6.10. The molecule has 0 amide bonds. The lowest BCUT2D eigenvalue weighted by atomic mass is 10.2. The summed E-state index contributed by atoms with van der Waals surface area (Å²) >= 11 is 12.1. The van der Waals surface area contributed by atoms with Crippen molar-refractivity contribution in [1.82, 2.24) is 9.55 Å². The Morgan fingerprint density at radius 2 is 1.83 bits per heavy atom. The van der Waals surface area contributed by atoms with Crippen LogP contribution >= 0.6 is 23.2 Å². The molecule has 0 saturated carbocycles.